The van der Waals surface area contributed by atoms with Crippen LogP contribution < -0.4 is 14.8 Å². The van der Waals surface area contributed by atoms with Crippen LogP contribution in [0.15, 0.2) is 18.2 Å². The van der Waals surface area contributed by atoms with Crippen LogP contribution in [0.4, 0.5) is 0 Å². The Balaban J connectivity index is 2.01. The minimum Gasteiger partial charge on any atom is -0.497 e. The molecule has 0 aliphatic heterocycles. The maximum Gasteiger partial charge on any atom is 0.122 e. The predicted molar refractivity (Wildman–Crippen MR) is 73.4 cm³/mol. The third kappa shape index (κ3) is 3.16. The van der Waals surface area contributed by atoms with Crippen LogP contribution >= 0.6 is 0 Å². The van der Waals surface area contributed by atoms with Gasteiger partial charge in [0, 0.05) is 6.04 Å². The van der Waals surface area contributed by atoms with Gasteiger partial charge in [-0.25, -0.2) is 0 Å². The lowest BCUT2D eigenvalue weighted by atomic mass is 10.0. The summed E-state index contributed by atoms with van der Waals surface area (Å²) in [6, 6.07) is 6.65. The van der Waals surface area contributed by atoms with E-state index in [-0.39, 0.29) is 0 Å². The minimum absolute atomic E-state index is 0.640. The number of aryl methyl sites for hydroxylation is 1. The van der Waals surface area contributed by atoms with Gasteiger partial charge in [-0.05, 0) is 62.4 Å². The first kappa shape index (κ1) is 13.2. The molecule has 1 atom stereocenters. The van der Waals surface area contributed by atoms with Crippen LogP contribution in [0.5, 0.6) is 11.5 Å². The highest BCUT2D eigenvalue weighted by atomic mass is 16.5. The highest BCUT2D eigenvalue weighted by Crippen LogP contribution is 2.35. The SMILES string of the molecule is CNC(CCc1cc(OC)ccc1OC)C1CC1. The van der Waals surface area contributed by atoms with Crippen molar-refractivity contribution in [3.05, 3.63) is 23.8 Å². The minimum atomic E-state index is 0.640. The Morgan fingerprint density at radius 3 is 2.61 bits per heavy atom. The molecule has 1 aliphatic rings. The van der Waals surface area contributed by atoms with Gasteiger partial charge in [-0.15, -0.1) is 0 Å². The van der Waals surface area contributed by atoms with Gasteiger partial charge in [0.25, 0.3) is 0 Å². The van der Waals surface area contributed by atoms with Crippen molar-refractivity contribution in [2.75, 3.05) is 21.3 Å². The molecule has 1 N–H and O–H groups in total. The van der Waals surface area contributed by atoms with E-state index in [1.807, 2.05) is 12.1 Å². The molecule has 1 fully saturated rings. The topological polar surface area (TPSA) is 30.5 Å². The zero-order chi connectivity index (χ0) is 13.0. The Hall–Kier alpha value is -1.22. The number of benzene rings is 1. The molecule has 0 spiro atoms. The van der Waals surface area contributed by atoms with Crippen LogP contribution in [0.2, 0.25) is 0 Å². The highest BCUT2D eigenvalue weighted by molar-refractivity contribution is 5.40. The lowest BCUT2D eigenvalue weighted by molar-refractivity contribution is 0.395. The van der Waals surface area contributed by atoms with Crippen molar-refractivity contribution in [3.63, 3.8) is 0 Å². The molecule has 0 bridgehead atoms. The summed E-state index contributed by atoms with van der Waals surface area (Å²) in [7, 11) is 5.49. The second-order valence-electron chi connectivity index (χ2n) is 4.95. The number of ether oxygens (including phenoxy) is 2. The first-order valence-electron chi connectivity index (χ1n) is 6.66. The maximum atomic E-state index is 5.41. The number of methoxy groups -OCH3 is 2. The van der Waals surface area contributed by atoms with Gasteiger partial charge < -0.3 is 14.8 Å². The first-order valence-corrected chi connectivity index (χ1v) is 6.66. The smallest absolute Gasteiger partial charge is 0.122 e. The predicted octanol–water partition coefficient (Wildman–Crippen LogP) is 2.63. The summed E-state index contributed by atoms with van der Waals surface area (Å²) in [5.74, 6) is 2.74. The Kier molecular flexibility index (Phi) is 4.48. The third-order valence-electron chi connectivity index (χ3n) is 3.77. The largest absolute Gasteiger partial charge is 0.497 e. The van der Waals surface area contributed by atoms with Gasteiger partial charge in [0.05, 0.1) is 14.2 Å². The van der Waals surface area contributed by atoms with Crippen LogP contribution in [0.1, 0.15) is 24.8 Å². The summed E-state index contributed by atoms with van der Waals surface area (Å²) in [6.45, 7) is 0. The zero-order valence-electron chi connectivity index (χ0n) is 11.5. The maximum absolute atomic E-state index is 5.41. The standard InChI is InChI=1S/C15H23NO2/c1-16-14(11-4-5-11)8-6-12-10-13(17-2)7-9-15(12)18-3/h7,9-11,14,16H,4-6,8H2,1-3H3. The van der Waals surface area contributed by atoms with E-state index < -0.39 is 0 Å². The van der Waals surface area contributed by atoms with Crippen molar-refractivity contribution in [2.45, 2.75) is 31.7 Å². The molecule has 3 heteroatoms. The van der Waals surface area contributed by atoms with Gasteiger partial charge in [-0.2, -0.15) is 0 Å². The second kappa shape index (κ2) is 6.10. The Labute approximate surface area is 109 Å². The monoisotopic (exact) mass is 249 g/mol. The molecule has 18 heavy (non-hydrogen) atoms. The molecular formula is C15H23NO2. The van der Waals surface area contributed by atoms with Gasteiger partial charge >= 0.3 is 0 Å². The molecule has 1 unspecified atom stereocenters. The summed E-state index contributed by atoms with van der Waals surface area (Å²) in [5, 5.41) is 3.43. The van der Waals surface area contributed by atoms with Crippen LogP contribution in [0.3, 0.4) is 0 Å². The van der Waals surface area contributed by atoms with E-state index in [9.17, 15) is 0 Å². The van der Waals surface area contributed by atoms with Gasteiger partial charge in [0.2, 0.25) is 0 Å². The van der Waals surface area contributed by atoms with Crippen LogP contribution in [0.25, 0.3) is 0 Å². The number of nitrogens with one attached hydrogen (secondary N) is 1. The third-order valence-corrected chi connectivity index (χ3v) is 3.77. The highest BCUT2D eigenvalue weighted by Gasteiger charge is 2.29. The van der Waals surface area contributed by atoms with Crippen molar-refractivity contribution in [1.82, 2.24) is 5.32 Å². The van der Waals surface area contributed by atoms with Crippen molar-refractivity contribution in [3.8, 4) is 11.5 Å². The molecule has 0 aromatic heterocycles. The fourth-order valence-electron chi connectivity index (χ4n) is 2.50. The van der Waals surface area contributed by atoms with Crippen LogP contribution in [0, 0.1) is 5.92 Å². The van der Waals surface area contributed by atoms with Crippen LogP contribution in [-0.2, 0) is 6.42 Å². The molecule has 0 radical (unpaired) electrons. The van der Waals surface area contributed by atoms with Crippen molar-refractivity contribution in [1.29, 1.82) is 0 Å². The van der Waals surface area contributed by atoms with E-state index in [0.29, 0.717) is 6.04 Å². The lowest BCUT2D eigenvalue weighted by Crippen LogP contribution is -2.27. The molecule has 1 saturated carbocycles. The summed E-state index contributed by atoms with van der Waals surface area (Å²) in [6.07, 6.45) is 4.94. The molecular weight excluding hydrogens is 226 g/mol. The van der Waals surface area contributed by atoms with E-state index in [1.54, 1.807) is 14.2 Å². The second-order valence-corrected chi connectivity index (χ2v) is 4.95. The summed E-state index contributed by atoms with van der Waals surface area (Å²) in [5.41, 5.74) is 1.23. The normalized spacial score (nSPS) is 16.4. The van der Waals surface area contributed by atoms with Gasteiger partial charge in [0.15, 0.2) is 0 Å². The average molecular weight is 249 g/mol. The Bertz CT molecular complexity index is 388. The Morgan fingerprint density at radius 2 is 2.06 bits per heavy atom. The lowest BCUT2D eigenvalue weighted by Gasteiger charge is -2.16. The summed E-state index contributed by atoms with van der Waals surface area (Å²) >= 11 is 0. The van der Waals surface area contributed by atoms with Gasteiger partial charge in [-0.3, -0.25) is 0 Å². The molecule has 1 aromatic rings. The van der Waals surface area contributed by atoms with E-state index in [0.717, 1.165) is 30.3 Å². The van der Waals surface area contributed by atoms with E-state index in [4.69, 9.17) is 9.47 Å². The first-order chi connectivity index (χ1) is 8.78. The fraction of sp³-hybridized carbons (Fsp3) is 0.600. The Morgan fingerprint density at radius 1 is 1.28 bits per heavy atom. The average Bonchev–Trinajstić information content (AvgIpc) is 3.24. The summed E-state index contributed by atoms with van der Waals surface area (Å²) in [4.78, 5) is 0. The van der Waals surface area contributed by atoms with Crippen molar-refractivity contribution >= 4 is 0 Å². The van der Waals surface area contributed by atoms with E-state index in [2.05, 4.69) is 18.4 Å². The molecule has 0 heterocycles. The fourth-order valence-corrected chi connectivity index (χ4v) is 2.50. The molecule has 0 saturated heterocycles. The molecule has 2 rings (SSSR count). The molecule has 0 amide bonds. The van der Waals surface area contributed by atoms with Gasteiger partial charge in [0.1, 0.15) is 11.5 Å². The molecule has 1 aliphatic carbocycles. The molecule has 100 valence electrons. The molecule has 3 nitrogen and oxygen atoms in total. The van der Waals surface area contributed by atoms with Crippen molar-refractivity contribution in [2.24, 2.45) is 5.92 Å². The number of hydrogen-bond donors (Lipinski definition) is 1. The van der Waals surface area contributed by atoms with E-state index in [1.165, 1.54) is 18.4 Å². The number of rotatable bonds is 7. The molecule has 1 aromatic carbocycles. The van der Waals surface area contributed by atoms with Gasteiger partial charge in [-0.1, -0.05) is 0 Å². The van der Waals surface area contributed by atoms with Crippen molar-refractivity contribution < 1.29 is 9.47 Å². The van der Waals surface area contributed by atoms with E-state index >= 15 is 0 Å². The zero-order valence-corrected chi connectivity index (χ0v) is 11.5. The quantitative estimate of drug-likeness (QED) is 0.806. The summed E-state index contributed by atoms with van der Waals surface area (Å²) < 4.78 is 10.7. The number of hydrogen-bond acceptors (Lipinski definition) is 3. The van der Waals surface area contributed by atoms with Crippen LogP contribution in [-0.4, -0.2) is 27.3 Å².